The lowest BCUT2D eigenvalue weighted by Crippen LogP contribution is -2.44. The van der Waals surface area contributed by atoms with Gasteiger partial charge in [-0.25, -0.2) is 0 Å². The van der Waals surface area contributed by atoms with Crippen molar-refractivity contribution >= 4 is 0 Å². The van der Waals surface area contributed by atoms with Crippen LogP contribution in [-0.2, 0) is 19.4 Å². The molecule has 0 aliphatic heterocycles. The molecule has 2 aliphatic rings. The Morgan fingerprint density at radius 1 is 1.05 bits per heavy atom. The van der Waals surface area contributed by atoms with Gasteiger partial charge < -0.3 is 10.4 Å². The Kier molecular flexibility index (Phi) is 4.11. The van der Waals surface area contributed by atoms with E-state index in [0.29, 0.717) is 5.41 Å². The third kappa shape index (κ3) is 3.67. The van der Waals surface area contributed by atoms with Crippen LogP contribution in [0.3, 0.4) is 0 Å². The van der Waals surface area contributed by atoms with E-state index < -0.39 is 5.60 Å². The first kappa shape index (κ1) is 15.1. The standard InChI is InChI=1S/C19H29NO/c1-18(2)8-10-19(21,11-9-18)14-20-13-15-6-7-16-4-3-5-17(16)12-15/h6-7,12,20-21H,3-5,8-11,13-14H2,1-2H3. The molecule has 2 heteroatoms. The van der Waals surface area contributed by atoms with Crippen molar-refractivity contribution in [1.29, 1.82) is 0 Å². The molecule has 1 aromatic rings. The fourth-order valence-electron chi connectivity index (χ4n) is 3.74. The van der Waals surface area contributed by atoms with Crippen LogP contribution in [0.15, 0.2) is 18.2 Å². The summed E-state index contributed by atoms with van der Waals surface area (Å²) in [5.74, 6) is 0. The zero-order valence-electron chi connectivity index (χ0n) is 13.5. The molecule has 0 bridgehead atoms. The summed E-state index contributed by atoms with van der Waals surface area (Å²) in [6.45, 7) is 6.22. The molecule has 0 spiro atoms. The lowest BCUT2D eigenvalue weighted by Gasteiger charge is -2.40. The van der Waals surface area contributed by atoms with Gasteiger partial charge in [0.25, 0.3) is 0 Å². The molecule has 2 N–H and O–H groups in total. The molecule has 21 heavy (non-hydrogen) atoms. The van der Waals surface area contributed by atoms with Crippen LogP contribution in [0, 0.1) is 5.41 Å². The molecule has 0 amide bonds. The molecule has 2 nitrogen and oxygen atoms in total. The van der Waals surface area contributed by atoms with Crippen molar-refractivity contribution in [2.24, 2.45) is 5.41 Å². The van der Waals surface area contributed by atoms with E-state index in [4.69, 9.17) is 0 Å². The molecule has 0 radical (unpaired) electrons. The van der Waals surface area contributed by atoms with Crippen molar-refractivity contribution in [3.63, 3.8) is 0 Å². The van der Waals surface area contributed by atoms with Crippen LogP contribution in [0.5, 0.6) is 0 Å². The summed E-state index contributed by atoms with van der Waals surface area (Å²) in [5, 5.41) is 14.2. The van der Waals surface area contributed by atoms with Gasteiger partial charge in [-0.05, 0) is 67.1 Å². The number of nitrogens with one attached hydrogen (secondary N) is 1. The smallest absolute Gasteiger partial charge is 0.0772 e. The number of aryl methyl sites for hydroxylation is 2. The van der Waals surface area contributed by atoms with Gasteiger partial charge in [0.1, 0.15) is 0 Å². The lowest BCUT2D eigenvalue weighted by molar-refractivity contribution is -0.0245. The predicted molar refractivity (Wildman–Crippen MR) is 87.4 cm³/mol. The summed E-state index contributed by atoms with van der Waals surface area (Å²) >= 11 is 0. The Balaban J connectivity index is 1.50. The minimum atomic E-state index is -0.494. The van der Waals surface area contributed by atoms with Gasteiger partial charge in [0, 0.05) is 13.1 Å². The third-order valence-electron chi connectivity index (χ3n) is 5.48. The van der Waals surface area contributed by atoms with E-state index in [1.165, 1.54) is 36.0 Å². The quantitative estimate of drug-likeness (QED) is 0.887. The van der Waals surface area contributed by atoms with E-state index in [9.17, 15) is 5.11 Å². The third-order valence-corrected chi connectivity index (χ3v) is 5.48. The largest absolute Gasteiger partial charge is 0.389 e. The monoisotopic (exact) mass is 287 g/mol. The first-order valence-corrected chi connectivity index (χ1v) is 8.50. The van der Waals surface area contributed by atoms with Crippen LogP contribution in [0.25, 0.3) is 0 Å². The summed E-state index contributed by atoms with van der Waals surface area (Å²) in [5.41, 5.74) is 4.34. The van der Waals surface area contributed by atoms with Crippen molar-refractivity contribution in [3.05, 3.63) is 34.9 Å². The Labute approximate surface area is 129 Å². The Morgan fingerprint density at radius 2 is 1.76 bits per heavy atom. The molecule has 0 heterocycles. The van der Waals surface area contributed by atoms with Crippen LogP contribution < -0.4 is 5.32 Å². The topological polar surface area (TPSA) is 32.3 Å². The number of fused-ring (bicyclic) bond motifs is 1. The maximum atomic E-state index is 10.7. The Hall–Kier alpha value is -0.860. The van der Waals surface area contributed by atoms with Crippen molar-refractivity contribution in [2.45, 2.75) is 70.9 Å². The number of rotatable bonds is 4. The molecule has 3 rings (SSSR count). The maximum Gasteiger partial charge on any atom is 0.0772 e. The van der Waals surface area contributed by atoms with Crippen LogP contribution in [0.4, 0.5) is 0 Å². The highest BCUT2D eigenvalue weighted by molar-refractivity contribution is 5.35. The molecule has 1 saturated carbocycles. The van der Waals surface area contributed by atoms with Crippen LogP contribution >= 0.6 is 0 Å². The van der Waals surface area contributed by atoms with Crippen LogP contribution in [0.2, 0.25) is 0 Å². The van der Waals surface area contributed by atoms with Crippen molar-refractivity contribution in [2.75, 3.05) is 6.54 Å². The Morgan fingerprint density at radius 3 is 2.52 bits per heavy atom. The zero-order valence-corrected chi connectivity index (χ0v) is 13.5. The van der Waals surface area contributed by atoms with E-state index in [0.717, 1.165) is 38.8 Å². The summed E-state index contributed by atoms with van der Waals surface area (Å²) in [6.07, 6.45) is 7.91. The number of hydrogen-bond donors (Lipinski definition) is 2. The van der Waals surface area contributed by atoms with Gasteiger partial charge in [0.15, 0.2) is 0 Å². The van der Waals surface area contributed by atoms with Crippen LogP contribution in [0.1, 0.15) is 62.6 Å². The molecule has 0 aromatic heterocycles. The van der Waals surface area contributed by atoms with Crippen molar-refractivity contribution in [1.82, 2.24) is 5.32 Å². The lowest BCUT2D eigenvalue weighted by atomic mass is 9.71. The van der Waals surface area contributed by atoms with Gasteiger partial charge in [-0.3, -0.25) is 0 Å². The van der Waals surface area contributed by atoms with E-state index in [1.807, 2.05) is 0 Å². The fraction of sp³-hybridized carbons (Fsp3) is 0.684. The predicted octanol–water partition coefficient (Wildman–Crippen LogP) is 3.60. The van der Waals surface area contributed by atoms with Crippen molar-refractivity contribution in [3.8, 4) is 0 Å². The molecular weight excluding hydrogens is 258 g/mol. The molecule has 0 unspecified atom stereocenters. The molecule has 1 fully saturated rings. The summed E-state index contributed by atoms with van der Waals surface area (Å²) in [4.78, 5) is 0. The van der Waals surface area contributed by atoms with Gasteiger partial charge in [0.05, 0.1) is 5.60 Å². The average Bonchev–Trinajstić information content (AvgIpc) is 2.90. The van der Waals surface area contributed by atoms with E-state index in [2.05, 4.69) is 37.4 Å². The van der Waals surface area contributed by atoms with Crippen LogP contribution in [-0.4, -0.2) is 17.3 Å². The first-order chi connectivity index (χ1) is 9.96. The molecule has 116 valence electrons. The highest BCUT2D eigenvalue weighted by Crippen LogP contribution is 2.39. The van der Waals surface area contributed by atoms with Gasteiger partial charge in [-0.1, -0.05) is 32.0 Å². The number of aliphatic hydroxyl groups is 1. The van der Waals surface area contributed by atoms with E-state index in [-0.39, 0.29) is 0 Å². The average molecular weight is 287 g/mol. The second-order valence-corrected chi connectivity index (χ2v) is 7.95. The first-order valence-electron chi connectivity index (χ1n) is 8.50. The van der Waals surface area contributed by atoms with Gasteiger partial charge in [-0.15, -0.1) is 0 Å². The number of hydrogen-bond acceptors (Lipinski definition) is 2. The molecule has 1 aromatic carbocycles. The van der Waals surface area contributed by atoms with E-state index >= 15 is 0 Å². The molecule has 2 aliphatic carbocycles. The van der Waals surface area contributed by atoms with Gasteiger partial charge in [-0.2, -0.15) is 0 Å². The van der Waals surface area contributed by atoms with Gasteiger partial charge >= 0.3 is 0 Å². The van der Waals surface area contributed by atoms with E-state index in [1.54, 1.807) is 0 Å². The zero-order chi connectivity index (χ0) is 14.9. The second-order valence-electron chi connectivity index (χ2n) is 7.95. The minimum absolute atomic E-state index is 0.409. The van der Waals surface area contributed by atoms with Crippen molar-refractivity contribution < 1.29 is 5.11 Å². The highest BCUT2D eigenvalue weighted by Gasteiger charge is 2.36. The highest BCUT2D eigenvalue weighted by atomic mass is 16.3. The fourth-order valence-corrected chi connectivity index (χ4v) is 3.74. The maximum absolute atomic E-state index is 10.7. The normalized spacial score (nSPS) is 23.0. The minimum Gasteiger partial charge on any atom is -0.389 e. The molecular formula is C19H29NO. The van der Waals surface area contributed by atoms with Gasteiger partial charge in [0.2, 0.25) is 0 Å². The summed E-state index contributed by atoms with van der Waals surface area (Å²) in [7, 11) is 0. The second kappa shape index (κ2) is 5.73. The summed E-state index contributed by atoms with van der Waals surface area (Å²) < 4.78 is 0. The number of benzene rings is 1. The molecule has 0 atom stereocenters. The Bertz CT molecular complexity index is 496. The molecule has 0 saturated heterocycles. The SMILES string of the molecule is CC1(C)CCC(O)(CNCc2ccc3c(c2)CCC3)CC1. The summed E-state index contributed by atoms with van der Waals surface area (Å²) in [6, 6.07) is 6.88.